The molecule has 2 atom stereocenters. The number of aromatic nitrogens is 2. The maximum atomic E-state index is 14.7. The van der Waals surface area contributed by atoms with E-state index in [1.54, 1.807) is 0 Å². The fraction of sp³-hybridized carbons (Fsp3) is 0.778. The van der Waals surface area contributed by atoms with Crippen molar-refractivity contribution in [1.29, 1.82) is 0 Å². The standard InChI is InChI=1S/C18H27FN4O/c1-12-10-20-11-23(12)4-2-3-21-17(24)22-16-14-5-13-6-15(16)9-18(19,7-13)8-14/h10-11,13-16H,2-9H2,1H3,(H2,21,22,24). The summed E-state index contributed by atoms with van der Waals surface area (Å²) in [6, 6.07) is 0.0732. The number of alkyl halides is 1. The summed E-state index contributed by atoms with van der Waals surface area (Å²) >= 11 is 0. The van der Waals surface area contributed by atoms with Crippen molar-refractivity contribution in [3.8, 4) is 0 Å². The van der Waals surface area contributed by atoms with Gasteiger partial charge in [0.1, 0.15) is 5.67 Å². The lowest BCUT2D eigenvalue weighted by Crippen LogP contribution is -2.61. The van der Waals surface area contributed by atoms with Crippen molar-refractivity contribution in [2.45, 2.75) is 63.7 Å². The van der Waals surface area contributed by atoms with Gasteiger partial charge in [-0.3, -0.25) is 0 Å². The molecule has 4 fully saturated rings. The van der Waals surface area contributed by atoms with Gasteiger partial charge >= 0.3 is 6.03 Å². The normalized spacial score (nSPS) is 36.8. The number of halogens is 1. The quantitative estimate of drug-likeness (QED) is 0.814. The van der Waals surface area contributed by atoms with Gasteiger partial charge in [-0.15, -0.1) is 0 Å². The van der Waals surface area contributed by atoms with Crippen molar-refractivity contribution >= 4 is 6.03 Å². The van der Waals surface area contributed by atoms with E-state index in [-0.39, 0.29) is 12.1 Å². The molecule has 0 saturated heterocycles. The second-order valence-corrected chi connectivity index (χ2v) is 8.13. The number of nitrogens with one attached hydrogen (secondary N) is 2. The Hall–Kier alpha value is -1.59. The van der Waals surface area contributed by atoms with E-state index in [0.717, 1.165) is 37.9 Å². The summed E-state index contributed by atoms with van der Waals surface area (Å²) in [6.07, 6.45) is 8.75. The minimum atomic E-state index is -0.937. The maximum absolute atomic E-state index is 14.7. The molecule has 4 aliphatic carbocycles. The summed E-state index contributed by atoms with van der Waals surface area (Å²) in [5, 5.41) is 6.10. The monoisotopic (exact) mass is 334 g/mol. The van der Waals surface area contributed by atoms with Crippen LogP contribution in [0.4, 0.5) is 9.18 Å². The van der Waals surface area contributed by atoms with Crippen molar-refractivity contribution in [3.05, 3.63) is 18.2 Å². The van der Waals surface area contributed by atoms with Crippen LogP contribution in [0, 0.1) is 24.7 Å². The second kappa shape index (κ2) is 6.05. The molecule has 6 heteroatoms. The van der Waals surface area contributed by atoms with E-state index in [4.69, 9.17) is 0 Å². The third kappa shape index (κ3) is 3.03. The Balaban J connectivity index is 1.23. The lowest BCUT2D eigenvalue weighted by atomic mass is 9.53. The SMILES string of the molecule is Cc1cncn1CCCNC(=O)NC1C2CC3CC1CC(F)(C3)C2. The van der Waals surface area contributed by atoms with Crippen LogP contribution in [0.3, 0.4) is 0 Å². The van der Waals surface area contributed by atoms with Gasteiger partial charge in [-0.05, 0) is 63.2 Å². The van der Waals surface area contributed by atoms with Gasteiger partial charge in [0.15, 0.2) is 0 Å². The Kier molecular flexibility index (Phi) is 4.01. The molecule has 4 saturated carbocycles. The van der Waals surface area contributed by atoms with Crippen molar-refractivity contribution in [1.82, 2.24) is 20.2 Å². The fourth-order valence-corrected chi connectivity index (χ4v) is 5.44. The largest absolute Gasteiger partial charge is 0.338 e. The molecule has 0 radical (unpaired) electrons. The molecular weight excluding hydrogens is 307 g/mol. The smallest absolute Gasteiger partial charge is 0.315 e. The zero-order valence-corrected chi connectivity index (χ0v) is 14.3. The van der Waals surface area contributed by atoms with Gasteiger partial charge in [-0.1, -0.05) is 0 Å². The van der Waals surface area contributed by atoms with Gasteiger partial charge in [0.2, 0.25) is 0 Å². The number of carbonyl (C=O) groups is 1. The number of rotatable bonds is 5. The van der Waals surface area contributed by atoms with Gasteiger partial charge in [-0.2, -0.15) is 0 Å². The number of amides is 2. The van der Waals surface area contributed by atoms with Gasteiger partial charge in [-0.25, -0.2) is 14.2 Å². The van der Waals surface area contributed by atoms with E-state index < -0.39 is 5.67 Å². The molecule has 2 unspecified atom stereocenters. The lowest BCUT2D eigenvalue weighted by Gasteiger charge is -2.56. The number of hydrogen-bond acceptors (Lipinski definition) is 2. The van der Waals surface area contributed by atoms with Crippen LogP contribution in [0.15, 0.2) is 12.5 Å². The average Bonchev–Trinajstić information content (AvgIpc) is 2.91. The van der Waals surface area contributed by atoms with Crippen LogP contribution in [-0.2, 0) is 6.54 Å². The Morgan fingerprint density at radius 3 is 2.75 bits per heavy atom. The van der Waals surface area contributed by atoms with Crippen LogP contribution in [0.25, 0.3) is 0 Å². The van der Waals surface area contributed by atoms with Gasteiger partial charge in [0.25, 0.3) is 0 Å². The summed E-state index contributed by atoms with van der Waals surface area (Å²) < 4.78 is 16.8. The van der Waals surface area contributed by atoms with Crippen LogP contribution in [0.5, 0.6) is 0 Å². The third-order valence-electron chi connectivity index (χ3n) is 6.28. The first kappa shape index (κ1) is 15.9. The highest BCUT2D eigenvalue weighted by Gasteiger charge is 2.56. The number of carbonyl (C=O) groups excluding carboxylic acids is 1. The predicted octanol–water partition coefficient (Wildman–Crippen LogP) is 2.80. The highest BCUT2D eigenvalue weighted by molar-refractivity contribution is 5.74. The molecule has 0 spiro atoms. The summed E-state index contributed by atoms with van der Waals surface area (Å²) in [6.45, 7) is 3.52. The van der Waals surface area contributed by atoms with E-state index in [2.05, 4.69) is 20.2 Å². The average molecular weight is 334 g/mol. The Morgan fingerprint density at radius 1 is 1.38 bits per heavy atom. The molecule has 132 valence electrons. The van der Waals surface area contributed by atoms with Crippen molar-refractivity contribution in [3.63, 3.8) is 0 Å². The van der Waals surface area contributed by atoms with Crippen molar-refractivity contribution in [2.24, 2.45) is 17.8 Å². The molecule has 0 aromatic carbocycles. The summed E-state index contributed by atoms with van der Waals surface area (Å²) in [4.78, 5) is 16.3. The first-order valence-corrected chi connectivity index (χ1v) is 9.22. The van der Waals surface area contributed by atoms with Crippen LogP contribution >= 0.6 is 0 Å². The third-order valence-corrected chi connectivity index (χ3v) is 6.28. The molecule has 4 aliphatic rings. The molecule has 1 aromatic heterocycles. The first-order chi connectivity index (χ1) is 11.5. The van der Waals surface area contributed by atoms with Crippen molar-refractivity contribution < 1.29 is 9.18 Å². The fourth-order valence-electron chi connectivity index (χ4n) is 5.44. The van der Waals surface area contributed by atoms with Gasteiger partial charge in [0.05, 0.1) is 6.33 Å². The predicted molar refractivity (Wildman–Crippen MR) is 89.3 cm³/mol. The van der Waals surface area contributed by atoms with Crippen LogP contribution in [0.1, 0.15) is 44.2 Å². The molecule has 2 amide bonds. The van der Waals surface area contributed by atoms with Crippen LogP contribution < -0.4 is 10.6 Å². The number of nitrogens with zero attached hydrogens (tertiary/aromatic N) is 2. The van der Waals surface area contributed by atoms with E-state index in [0.29, 0.717) is 37.1 Å². The highest BCUT2D eigenvalue weighted by atomic mass is 19.1. The molecule has 1 heterocycles. The Bertz CT molecular complexity index is 600. The Morgan fingerprint density at radius 2 is 2.12 bits per heavy atom. The van der Waals surface area contributed by atoms with Crippen molar-refractivity contribution in [2.75, 3.05) is 6.54 Å². The van der Waals surface area contributed by atoms with Gasteiger partial charge < -0.3 is 15.2 Å². The number of urea groups is 1. The summed E-state index contributed by atoms with van der Waals surface area (Å²) in [5.41, 5.74) is 0.196. The molecule has 5 rings (SSSR count). The molecule has 4 bridgehead atoms. The van der Waals surface area contributed by atoms with Crippen LogP contribution in [0.2, 0.25) is 0 Å². The molecule has 1 aromatic rings. The topological polar surface area (TPSA) is 59.0 Å². The summed E-state index contributed by atoms with van der Waals surface area (Å²) in [5.74, 6) is 1.22. The van der Waals surface area contributed by atoms with Crippen LogP contribution in [-0.4, -0.2) is 33.8 Å². The van der Waals surface area contributed by atoms with E-state index >= 15 is 0 Å². The second-order valence-electron chi connectivity index (χ2n) is 8.13. The molecule has 24 heavy (non-hydrogen) atoms. The van der Waals surface area contributed by atoms with Gasteiger partial charge in [0, 0.05) is 31.0 Å². The molecule has 5 nitrogen and oxygen atoms in total. The zero-order valence-electron chi connectivity index (χ0n) is 14.3. The Labute approximate surface area is 142 Å². The van der Waals surface area contributed by atoms with E-state index in [1.165, 1.54) is 0 Å². The number of hydrogen-bond donors (Lipinski definition) is 2. The molecule has 2 N–H and O–H groups in total. The molecular formula is C18H27FN4O. The summed E-state index contributed by atoms with van der Waals surface area (Å²) in [7, 11) is 0. The molecule has 0 aliphatic heterocycles. The number of imidazole rings is 1. The number of aryl methyl sites for hydroxylation is 2. The minimum Gasteiger partial charge on any atom is -0.338 e. The maximum Gasteiger partial charge on any atom is 0.315 e. The zero-order chi connectivity index (χ0) is 16.7. The van der Waals surface area contributed by atoms with E-state index in [1.807, 2.05) is 19.4 Å². The first-order valence-electron chi connectivity index (χ1n) is 9.22. The minimum absolute atomic E-state index is 0.0947. The lowest BCUT2D eigenvalue weighted by molar-refractivity contribution is -0.0900. The van der Waals surface area contributed by atoms with E-state index in [9.17, 15) is 9.18 Å². The highest BCUT2D eigenvalue weighted by Crippen LogP contribution is 2.57.